The fourth-order valence-electron chi connectivity index (χ4n) is 1.77. The molecule has 2 N–H and O–H groups in total. The van der Waals surface area contributed by atoms with Gasteiger partial charge in [-0.05, 0) is 29.4 Å². The molecule has 2 aromatic rings. The monoisotopic (exact) mass is 320 g/mol. The van der Waals surface area contributed by atoms with E-state index in [0.29, 0.717) is 10.9 Å². The predicted molar refractivity (Wildman–Crippen MR) is 90.7 cm³/mol. The Labute approximate surface area is 134 Å². The quantitative estimate of drug-likeness (QED) is 0.865. The molecule has 0 aliphatic rings. The Morgan fingerprint density at radius 1 is 1.05 bits per heavy atom. The van der Waals surface area contributed by atoms with Gasteiger partial charge in [-0.25, -0.2) is 4.98 Å². The number of rotatable bonds is 4. The minimum absolute atomic E-state index is 0.180. The van der Waals surface area contributed by atoms with E-state index in [1.54, 1.807) is 11.8 Å². The van der Waals surface area contributed by atoms with Crippen LogP contribution in [0.5, 0.6) is 0 Å². The van der Waals surface area contributed by atoms with Crippen molar-refractivity contribution in [3.63, 3.8) is 0 Å². The highest BCUT2D eigenvalue weighted by molar-refractivity contribution is 7.98. The summed E-state index contributed by atoms with van der Waals surface area (Å²) in [4.78, 5) is 13.8. The molecule has 1 aromatic heterocycles. The summed E-state index contributed by atoms with van der Waals surface area (Å²) in [5.41, 5.74) is 7.20. The largest absolute Gasteiger partial charge is 0.368 e. The topological polar surface area (TPSA) is 64.7 Å². The van der Waals surface area contributed by atoms with E-state index in [9.17, 15) is 0 Å². The number of hydrogen-bond acceptors (Lipinski definition) is 6. The van der Waals surface area contributed by atoms with E-state index in [2.05, 4.69) is 60.0 Å². The van der Waals surface area contributed by atoms with Crippen molar-refractivity contribution < 1.29 is 0 Å². The molecule has 0 atom stereocenters. The normalized spacial score (nSPS) is 11.6. The molecule has 4 nitrogen and oxygen atoms in total. The van der Waals surface area contributed by atoms with E-state index in [1.165, 1.54) is 22.2 Å². The third kappa shape index (κ3) is 4.61. The number of nitrogens with zero attached hydrogens (tertiary/aromatic N) is 3. The lowest BCUT2D eigenvalue weighted by Gasteiger charge is -2.19. The van der Waals surface area contributed by atoms with Crippen LogP contribution in [-0.2, 0) is 11.2 Å². The molecular weight excluding hydrogens is 300 g/mol. The summed E-state index contributed by atoms with van der Waals surface area (Å²) in [7, 11) is 0. The maximum Gasteiger partial charge on any atom is 0.224 e. The Bertz CT molecular complexity index is 606. The van der Waals surface area contributed by atoms with Crippen LogP contribution in [0.2, 0.25) is 0 Å². The first-order valence-corrected chi connectivity index (χ1v) is 8.87. The molecule has 2 rings (SSSR count). The third-order valence-electron chi connectivity index (χ3n) is 2.95. The summed E-state index contributed by atoms with van der Waals surface area (Å²) in [5, 5.41) is 0.668. The third-order valence-corrected chi connectivity index (χ3v) is 4.51. The summed E-state index contributed by atoms with van der Waals surface area (Å²) in [6.07, 6.45) is 1.93. The molecule has 0 spiro atoms. The van der Waals surface area contributed by atoms with Crippen LogP contribution < -0.4 is 5.73 Å². The molecule has 0 bridgehead atoms. The van der Waals surface area contributed by atoms with Gasteiger partial charge in [0.25, 0.3) is 0 Å². The smallest absolute Gasteiger partial charge is 0.224 e. The molecule has 1 heterocycles. The highest BCUT2D eigenvalue weighted by atomic mass is 32.2. The van der Waals surface area contributed by atoms with E-state index in [-0.39, 0.29) is 11.4 Å². The Kier molecular flexibility index (Phi) is 5.11. The van der Waals surface area contributed by atoms with Crippen LogP contribution >= 0.6 is 23.5 Å². The van der Waals surface area contributed by atoms with Gasteiger partial charge in [0.1, 0.15) is 5.82 Å². The van der Waals surface area contributed by atoms with Crippen LogP contribution in [0, 0.1) is 0 Å². The summed E-state index contributed by atoms with van der Waals surface area (Å²) in [6, 6.07) is 8.64. The average Bonchev–Trinajstić information content (AvgIpc) is 2.44. The van der Waals surface area contributed by atoms with Crippen LogP contribution in [0.1, 0.15) is 32.2 Å². The molecule has 6 heteroatoms. The molecule has 0 saturated heterocycles. The second-order valence-corrected chi connectivity index (χ2v) is 7.48. The fraction of sp³-hybridized carbons (Fsp3) is 0.400. The zero-order chi connectivity index (χ0) is 15.5. The standard InChI is InChI=1S/C15H20N4S2/c1-15(2,3)10-5-7-11(8-6-10)21-9-12-17-13(16)19-14(18-12)20-4/h5-8H,9H2,1-4H3,(H2,16,17,18,19). The van der Waals surface area contributed by atoms with Gasteiger partial charge in [0.05, 0.1) is 5.75 Å². The van der Waals surface area contributed by atoms with Gasteiger partial charge in [0.15, 0.2) is 5.16 Å². The number of anilines is 1. The van der Waals surface area contributed by atoms with Gasteiger partial charge >= 0.3 is 0 Å². The first kappa shape index (κ1) is 16.1. The summed E-state index contributed by atoms with van der Waals surface area (Å²) in [5.74, 6) is 1.69. The van der Waals surface area contributed by atoms with E-state index >= 15 is 0 Å². The van der Waals surface area contributed by atoms with Crippen molar-refractivity contribution in [2.24, 2.45) is 0 Å². The molecule has 21 heavy (non-hydrogen) atoms. The first-order chi connectivity index (χ1) is 9.88. The molecular formula is C15H20N4S2. The van der Waals surface area contributed by atoms with Gasteiger partial charge in [-0.1, -0.05) is 44.7 Å². The second-order valence-electron chi connectivity index (χ2n) is 5.66. The number of nitrogens with two attached hydrogens (primary N) is 1. The fourth-order valence-corrected chi connectivity index (χ4v) is 2.91. The van der Waals surface area contributed by atoms with Crippen molar-refractivity contribution in [1.29, 1.82) is 0 Å². The Morgan fingerprint density at radius 2 is 1.71 bits per heavy atom. The molecule has 0 radical (unpaired) electrons. The van der Waals surface area contributed by atoms with Gasteiger partial charge in [-0.15, -0.1) is 11.8 Å². The Morgan fingerprint density at radius 3 is 2.29 bits per heavy atom. The molecule has 0 fully saturated rings. The average molecular weight is 320 g/mol. The summed E-state index contributed by atoms with van der Waals surface area (Å²) >= 11 is 3.18. The van der Waals surface area contributed by atoms with E-state index in [0.717, 1.165) is 5.82 Å². The van der Waals surface area contributed by atoms with E-state index in [4.69, 9.17) is 5.73 Å². The van der Waals surface area contributed by atoms with Crippen LogP contribution in [0.4, 0.5) is 5.95 Å². The number of benzene rings is 1. The van der Waals surface area contributed by atoms with Crippen molar-refractivity contribution in [2.75, 3.05) is 12.0 Å². The van der Waals surface area contributed by atoms with E-state index < -0.39 is 0 Å². The number of nitrogen functional groups attached to an aromatic ring is 1. The lowest BCUT2D eigenvalue weighted by molar-refractivity contribution is 0.590. The van der Waals surface area contributed by atoms with Gasteiger partial charge in [-0.3, -0.25) is 0 Å². The predicted octanol–water partition coefficient (Wildman–Crippen LogP) is 3.77. The summed E-state index contributed by atoms with van der Waals surface area (Å²) in [6.45, 7) is 6.64. The van der Waals surface area contributed by atoms with Gasteiger partial charge in [0.2, 0.25) is 5.95 Å². The maximum absolute atomic E-state index is 5.69. The van der Waals surface area contributed by atoms with Gasteiger partial charge in [-0.2, -0.15) is 9.97 Å². The lowest BCUT2D eigenvalue weighted by Crippen LogP contribution is -2.10. The Balaban J connectivity index is 2.05. The lowest BCUT2D eigenvalue weighted by atomic mass is 9.87. The van der Waals surface area contributed by atoms with Crippen molar-refractivity contribution in [3.05, 3.63) is 35.7 Å². The SMILES string of the molecule is CSc1nc(N)nc(CSc2ccc(C(C)(C)C)cc2)n1. The number of thioether (sulfide) groups is 2. The number of aromatic nitrogens is 3. The Hall–Kier alpha value is -1.27. The highest BCUT2D eigenvalue weighted by Gasteiger charge is 2.13. The molecule has 1 aromatic carbocycles. The zero-order valence-corrected chi connectivity index (χ0v) is 14.4. The number of hydrogen-bond donors (Lipinski definition) is 1. The van der Waals surface area contributed by atoms with Crippen LogP contribution in [0.25, 0.3) is 0 Å². The first-order valence-electron chi connectivity index (χ1n) is 6.66. The van der Waals surface area contributed by atoms with Crippen LogP contribution in [0.3, 0.4) is 0 Å². The van der Waals surface area contributed by atoms with E-state index in [1.807, 2.05) is 6.26 Å². The van der Waals surface area contributed by atoms with Gasteiger partial charge in [0, 0.05) is 4.90 Å². The minimum atomic E-state index is 0.180. The molecule has 0 unspecified atom stereocenters. The van der Waals surface area contributed by atoms with Crippen molar-refractivity contribution >= 4 is 29.5 Å². The van der Waals surface area contributed by atoms with Crippen molar-refractivity contribution in [3.8, 4) is 0 Å². The van der Waals surface area contributed by atoms with Crippen LogP contribution in [-0.4, -0.2) is 21.2 Å². The maximum atomic E-state index is 5.69. The molecule has 0 saturated carbocycles. The molecule has 112 valence electrons. The minimum Gasteiger partial charge on any atom is -0.368 e. The second kappa shape index (κ2) is 6.66. The van der Waals surface area contributed by atoms with Gasteiger partial charge < -0.3 is 5.73 Å². The molecule has 0 amide bonds. The summed E-state index contributed by atoms with van der Waals surface area (Å²) < 4.78 is 0. The van der Waals surface area contributed by atoms with Crippen molar-refractivity contribution in [2.45, 2.75) is 42.0 Å². The van der Waals surface area contributed by atoms with Crippen molar-refractivity contribution in [1.82, 2.24) is 15.0 Å². The molecule has 0 aliphatic carbocycles. The highest BCUT2D eigenvalue weighted by Crippen LogP contribution is 2.27. The molecule has 0 aliphatic heterocycles. The van der Waals surface area contributed by atoms with Crippen LogP contribution in [0.15, 0.2) is 34.3 Å². The zero-order valence-electron chi connectivity index (χ0n) is 12.8.